The van der Waals surface area contributed by atoms with E-state index in [1.165, 1.54) is 0 Å². The van der Waals surface area contributed by atoms with E-state index in [0.29, 0.717) is 12.2 Å². The Kier molecular flexibility index (Phi) is 3.40. The van der Waals surface area contributed by atoms with E-state index >= 15 is 0 Å². The second kappa shape index (κ2) is 5.47. The van der Waals surface area contributed by atoms with Crippen LogP contribution in [-0.2, 0) is 17.8 Å². The van der Waals surface area contributed by atoms with Crippen LogP contribution in [0.25, 0.3) is 0 Å². The van der Waals surface area contributed by atoms with Gasteiger partial charge < -0.3 is 9.80 Å². The molecule has 0 bridgehead atoms. The topological polar surface area (TPSA) is 58.4 Å². The van der Waals surface area contributed by atoms with Gasteiger partial charge in [-0.25, -0.2) is 0 Å². The van der Waals surface area contributed by atoms with Crippen molar-refractivity contribution >= 4 is 23.2 Å². The van der Waals surface area contributed by atoms with Gasteiger partial charge in [0, 0.05) is 25.7 Å². The lowest BCUT2D eigenvalue weighted by atomic mass is 10.1. The molecule has 0 unspecified atom stereocenters. The van der Waals surface area contributed by atoms with Crippen LogP contribution in [0.2, 0.25) is 0 Å². The summed E-state index contributed by atoms with van der Waals surface area (Å²) < 4.78 is 1.92. The first kappa shape index (κ1) is 14.9. The van der Waals surface area contributed by atoms with Crippen LogP contribution in [0.1, 0.15) is 36.5 Å². The number of aryl methyl sites for hydroxylation is 2. The monoisotopic (exact) mass is 324 g/mol. The second-order valence-corrected chi connectivity index (χ2v) is 6.49. The van der Waals surface area contributed by atoms with Crippen LogP contribution in [0, 0.1) is 0 Å². The molecule has 0 fully saturated rings. The first-order valence-corrected chi connectivity index (χ1v) is 8.33. The number of rotatable bonds is 1. The number of carbonyl (C=O) groups excluding carboxylic acids is 2. The quantitative estimate of drug-likeness (QED) is 0.808. The Morgan fingerprint density at radius 2 is 1.96 bits per heavy atom. The van der Waals surface area contributed by atoms with Crippen molar-refractivity contribution in [1.29, 1.82) is 0 Å². The SMILES string of the molecule is CC(=O)N1c2ccccc2N(C(=O)c2cc3n(n2)CCC3)C[C@@H]1C. The molecule has 2 aliphatic heterocycles. The summed E-state index contributed by atoms with van der Waals surface area (Å²) in [7, 11) is 0. The number of fused-ring (bicyclic) bond motifs is 2. The Morgan fingerprint density at radius 1 is 1.21 bits per heavy atom. The van der Waals surface area contributed by atoms with E-state index in [1.54, 1.807) is 16.7 Å². The third-order valence-electron chi connectivity index (χ3n) is 4.79. The van der Waals surface area contributed by atoms with Crippen molar-refractivity contribution in [3.8, 4) is 0 Å². The molecule has 1 atom stereocenters. The van der Waals surface area contributed by atoms with Gasteiger partial charge in [0.05, 0.1) is 17.4 Å². The Bertz CT molecular complexity index is 805. The minimum absolute atomic E-state index is 0.0111. The molecule has 2 aromatic rings. The highest BCUT2D eigenvalue weighted by molar-refractivity contribution is 6.09. The molecule has 1 aromatic carbocycles. The van der Waals surface area contributed by atoms with Gasteiger partial charge in [0.15, 0.2) is 5.69 Å². The molecule has 0 spiro atoms. The molecular weight excluding hydrogens is 304 g/mol. The van der Waals surface area contributed by atoms with E-state index in [1.807, 2.05) is 41.9 Å². The Hall–Kier alpha value is -2.63. The zero-order chi connectivity index (χ0) is 16.8. The van der Waals surface area contributed by atoms with E-state index < -0.39 is 0 Å². The number of carbonyl (C=O) groups is 2. The van der Waals surface area contributed by atoms with Crippen molar-refractivity contribution in [2.24, 2.45) is 0 Å². The number of amides is 2. The van der Waals surface area contributed by atoms with E-state index in [0.717, 1.165) is 36.5 Å². The molecule has 1 aromatic heterocycles. The van der Waals surface area contributed by atoms with Crippen LogP contribution in [0.15, 0.2) is 30.3 Å². The van der Waals surface area contributed by atoms with Gasteiger partial charge in [-0.15, -0.1) is 0 Å². The minimum atomic E-state index is -0.0978. The second-order valence-electron chi connectivity index (χ2n) is 6.49. The van der Waals surface area contributed by atoms with Crippen LogP contribution < -0.4 is 9.80 Å². The fraction of sp³-hybridized carbons (Fsp3) is 0.389. The summed E-state index contributed by atoms with van der Waals surface area (Å²) in [5, 5.41) is 4.46. The van der Waals surface area contributed by atoms with E-state index in [-0.39, 0.29) is 17.9 Å². The third-order valence-corrected chi connectivity index (χ3v) is 4.79. The molecule has 2 amide bonds. The molecule has 6 heteroatoms. The van der Waals surface area contributed by atoms with Gasteiger partial charge in [-0.05, 0) is 38.0 Å². The lowest BCUT2D eigenvalue weighted by Crippen LogP contribution is -2.51. The van der Waals surface area contributed by atoms with Gasteiger partial charge in [-0.1, -0.05) is 12.1 Å². The number of aromatic nitrogens is 2. The fourth-order valence-electron chi connectivity index (χ4n) is 3.75. The molecule has 0 radical (unpaired) electrons. The molecule has 24 heavy (non-hydrogen) atoms. The van der Waals surface area contributed by atoms with Crippen LogP contribution >= 0.6 is 0 Å². The number of para-hydroxylation sites is 2. The van der Waals surface area contributed by atoms with Crippen LogP contribution in [0.3, 0.4) is 0 Å². The minimum Gasteiger partial charge on any atom is -0.306 e. The van der Waals surface area contributed by atoms with Crippen LogP contribution in [0.5, 0.6) is 0 Å². The molecule has 0 saturated heterocycles. The van der Waals surface area contributed by atoms with E-state index in [9.17, 15) is 9.59 Å². The van der Waals surface area contributed by atoms with Crippen molar-refractivity contribution in [3.63, 3.8) is 0 Å². The maximum absolute atomic E-state index is 13.0. The maximum Gasteiger partial charge on any atom is 0.278 e. The average Bonchev–Trinajstić information content (AvgIpc) is 3.14. The highest BCUT2D eigenvalue weighted by atomic mass is 16.2. The number of benzene rings is 1. The molecular formula is C18H20N4O2. The number of anilines is 2. The van der Waals surface area contributed by atoms with Gasteiger partial charge in [-0.3, -0.25) is 14.3 Å². The van der Waals surface area contributed by atoms with Gasteiger partial charge in [-0.2, -0.15) is 5.10 Å². The number of nitrogens with zero attached hydrogens (tertiary/aromatic N) is 4. The summed E-state index contributed by atoms with van der Waals surface area (Å²) >= 11 is 0. The molecule has 2 aliphatic rings. The summed E-state index contributed by atoms with van der Waals surface area (Å²) in [4.78, 5) is 28.6. The number of hydrogen-bond donors (Lipinski definition) is 0. The van der Waals surface area contributed by atoms with Gasteiger partial charge in [0.1, 0.15) is 0 Å². The summed E-state index contributed by atoms with van der Waals surface area (Å²) in [5.41, 5.74) is 3.16. The van der Waals surface area contributed by atoms with E-state index in [2.05, 4.69) is 5.10 Å². The highest BCUT2D eigenvalue weighted by Crippen LogP contribution is 2.36. The summed E-state index contributed by atoms with van der Waals surface area (Å²) in [5.74, 6) is -0.109. The first-order chi connectivity index (χ1) is 11.6. The van der Waals surface area contributed by atoms with Crippen LogP contribution in [-0.4, -0.2) is 34.2 Å². The van der Waals surface area contributed by atoms with Gasteiger partial charge in [0.25, 0.3) is 5.91 Å². The predicted octanol–water partition coefficient (Wildman–Crippen LogP) is 2.23. The fourth-order valence-corrected chi connectivity index (χ4v) is 3.75. The molecule has 3 heterocycles. The van der Waals surface area contributed by atoms with Crippen molar-refractivity contribution in [2.45, 2.75) is 39.3 Å². The van der Waals surface area contributed by atoms with Crippen molar-refractivity contribution in [1.82, 2.24) is 9.78 Å². The molecule has 4 rings (SSSR count). The smallest absolute Gasteiger partial charge is 0.278 e. The molecule has 124 valence electrons. The van der Waals surface area contributed by atoms with E-state index in [4.69, 9.17) is 0 Å². The summed E-state index contributed by atoms with van der Waals surface area (Å²) in [6.45, 7) is 4.88. The van der Waals surface area contributed by atoms with Crippen LogP contribution in [0.4, 0.5) is 11.4 Å². The predicted molar refractivity (Wildman–Crippen MR) is 91.3 cm³/mol. The third kappa shape index (κ3) is 2.21. The summed E-state index contributed by atoms with van der Waals surface area (Å²) in [6, 6.07) is 9.38. The molecule has 0 saturated carbocycles. The number of hydrogen-bond acceptors (Lipinski definition) is 3. The largest absolute Gasteiger partial charge is 0.306 e. The Morgan fingerprint density at radius 3 is 2.67 bits per heavy atom. The molecule has 0 N–H and O–H groups in total. The van der Waals surface area contributed by atoms with Gasteiger partial charge >= 0.3 is 0 Å². The van der Waals surface area contributed by atoms with Crippen molar-refractivity contribution in [2.75, 3.05) is 16.3 Å². The maximum atomic E-state index is 13.0. The lowest BCUT2D eigenvalue weighted by Gasteiger charge is -2.40. The van der Waals surface area contributed by atoms with Gasteiger partial charge in [0.2, 0.25) is 5.91 Å². The Labute approximate surface area is 140 Å². The zero-order valence-corrected chi connectivity index (χ0v) is 13.9. The first-order valence-electron chi connectivity index (χ1n) is 8.33. The Balaban J connectivity index is 1.73. The molecule has 6 nitrogen and oxygen atoms in total. The standard InChI is InChI=1S/C18H20N4O2/c1-12-11-20(16-7-3-4-8-17(16)22(12)13(2)23)18(24)15-10-14-6-5-9-21(14)19-15/h3-4,7-8,10,12H,5-6,9,11H2,1-2H3/t12-/m0/s1. The zero-order valence-electron chi connectivity index (χ0n) is 13.9. The summed E-state index contributed by atoms with van der Waals surface area (Å²) in [6.07, 6.45) is 2.07. The average molecular weight is 324 g/mol. The van der Waals surface area contributed by atoms with Crippen molar-refractivity contribution in [3.05, 3.63) is 41.7 Å². The lowest BCUT2D eigenvalue weighted by molar-refractivity contribution is -0.117. The normalized spacial score (nSPS) is 19.2. The van der Waals surface area contributed by atoms with Crippen molar-refractivity contribution < 1.29 is 9.59 Å². The molecule has 0 aliphatic carbocycles. The highest BCUT2D eigenvalue weighted by Gasteiger charge is 2.34.